The van der Waals surface area contributed by atoms with Crippen molar-refractivity contribution in [2.24, 2.45) is 0 Å². The van der Waals surface area contributed by atoms with E-state index in [1.165, 1.54) is 5.56 Å². The Kier molecular flexibility index (Phi) is 10.3. The van der Waals surface area contributed by atoms with Crippen LogP contribution < -0.4 is 0 Å². The Hall–Kier alpha value is -3.83. The number of benzene rings is 4. The maximum absolute atomic E-state index is 13.1. The number of nitrogens with zero attached hydrogens (tertiary/aromatic N) is 1. The fourth-order valence-electron chi connectivity index (χ4n) is 5.59. The molecule has 1 aliphatic rings. The average Bonchev–Trinajstić information content (AvgIpc) is 3.04. The third-order valence-electron chi connectivity index (χ3n) is 7.89. The number of ketones is 1. The zero-order valence-corrected chi connectivity index (χ0v) is 23.8. The highest BCUT2D eigenvalue weighted by atomic mass is 16.5. The molecular weight excluding hydrogens is 506 g/mol. The number of rotatable bonds is 12. The zero-order chi connectivity index (χ0) is 28.3. The van der Waals surface area contributed by atoms with Gasteiger partial charge < -0.3 is 9.47 Å². The molecule has 0 aromatic heterocycles. The van der Waals surface area contributed by atoms with Crippen molar-refractivity contribution in [3.05, 3.63) is 155 Å². The summed E-state index contributed by atoms with van der Waals surface area (Å²) < 4.78 is 13.0. The second-order valence-corrected chi connectivity index (χ2v) is 10.7. The summed E-state index contributed by atoms with van der Waals surface area (Å²) in [4.78, 5) is 15.7. The van der Waals surface area contributed by atoms with Gasteiger partial charge in [-0.1, -0.05) is 127 Å². The molecule has 41 heavy (non-hydrogen) atoms. The number of allylic oxidation sites excluding steroid dienone is 1. The summed E-state index contributed by atoms with van der Waals surface area (Å²) >= 11 is 0. The van der Waals surface area contributed by atoms with E-state index in [2.05, 4.69) is 66.4 Å². The van der Waals surface area contributed by atoms with Crippen LogP contribution in [0.4, 0.5) is 0 Å². The molecule has 0 aliphatic carbocycles. The number of hydrogen-bond acceptors (Lipinski definition) is 4. The van der Waals surface area contributed by atoms with Gasteiger partial charge in [0.15, 0.2) is 5.78 Å². The normalized spacial score (nSPS) is 18.2. The molecule has 0 N–H and O–H groups in total. The first-order valence-electron chi connectivity index (χ1n) is 14.5. The molecule has 1 saturated heterocycles. The topological polar surface area (TPSA) is 38.8 Å². The Balaban J connectivity index is 1.40. The van der Waals surface area contributed by atoms with Crippen LogP contribution in [-0.2, 0) is 22.7 Å². The highest BCUT2D eigenvalue weighted by Crippen LogP contribution is 2.34. The molecule has 4 nitrogen and oxygen atoms in total. The van der Waals surface area contributed by atoms with E-state index in [4.69, 9.17) is 9.47 Å². The molecule has 0 amide bonds. The number of likely N-dealkylation sites (tertiary alicyclic amines) is 1. The van der Waals surface area contributed by atoms with Crippen LogP contribution in [0.25, 0.3) is 0 Å². The average molecular weight is 546 g/mol. The minimum absolute atomic E-state index is 0.0493. The minimum atomic E-state index is -0.180. The SMILES string of the molecule is C[C@@H](c1ccccc1)N1CC/C(=C\C(=O)c2ccccc2)C[C@H]1[C@@H](COCc1ccccc1)OCc1ccccc1. The molecule has 3 atom stereocenters. The Morgan fingerprint density at radius 1 is 0.805 bits per heavy atom. The van der Waals surface area contributed by atoms with E-state index in [9.17, 15) is 4.79 Å². The first-order chi connectivity index (χ1) is 20.2. The van der Waals surface area contributed by atoms with Gasteiger partial charge in [0.1, 0.15) is 0 Å². The van der Waals surface area contributed by atoms with Crippen LogP contribution in [0.3, 0.4) is 0 Å². The predicted octanol–water partition coefficient (Wildman–Crippen LogP) is 7.82. The van der Waals surface area contributed by atoms with Gasteiger partial charge in [-0.25, -0.2) is 0 Å². The molecule has 0 bridgehead atoms. The monoisotopic (exact) mass is 545 g/mol. The highest BCUT2D eigenvalue weighted by Gasteiger charge is 2.36. The van der Waals surface area contributed by atoms with E-state index in [-0.39, 0.29) is 24.0 Å². The van der Waals surface area contributed by atoms with Crippen molar-refractivity contribution >= 4 is 5.78 Å². The standard InChI is InChI=1S/C37H39NO3/c1-29(33-18-10-4-11-19-33)38-23-22-32(25-36(39)34-20-12-5-13-21-34)24-35(38)37(41-27-31-16-8-3-9-17-31)28-40-26-30-14-6-2-7-15-30/h2-21,25,29,35,37H,22-24,26-28H2,1H3/b32-25+/t29-,35-,37+/m0/s1. The van der Waals surface area contributed by atoms with E-state index in [0.717, 1.165) is 41.6 Å². The van der Waals surface area contributed by atoms with Crippen LogP contribution in [-0.4, -0.2) is 36.0 Å². The van der Waals surface area contributed by atoms with Gasteiger partial charge in [0.25, 0.3) is 0 Å². The summed E-state index contributed by atoms with van der Waals surface area (Å²) in [6.45, 7) is 4.61. The maximum atomic E-state index is 13.1. The van der Waals surface area contributed by atoms with E-state index in [1.54, 1.807) is 0 Å². The summed E-state index contributed by atoms with van der Waals surface area (Å²) in [6.07, 6.45) is 3.28. The molecule has 1 fully saturated rings. The van der Waals surface area contributed by atoms with Crippen molar-refractivity contribution in [2.75, 3.05) is 13.2 Å². The molecule has 1 heterocycles. The van der Waals surface area contributed by atoms with Gasteiger partial charge in [-0.05, 0) is 42.5 Å². The zero-order valence-electron chi connectivity index (χ0n) is 23.8. The molecule has 210 valence electrons. The first kappa shape index (κ1) is 28.7. The lowest BCUT2D eigenvalue weighted by Gasteiger charge is -2.44. The van der Waals surface area contributed by atoms with E-state index >= 15 is 0 Å². The van der Waals surface area contributed by atoms with Gasteiger partial charge in [0.2, 0.25) is 0 Å². The molecule has 0 unspecified atom stereocenters. The molecule has 0 saturated carbocycles. The molecular formula is C37H39NO3. The van der Waals surface area contributed by atoms with Crippen LogP contribution in [0.5, 0.6) is 0 Å². The van der Waals surface area contributed by atoms with Crippen LogP contribution in [0.2, 0.25) is 0 Å². The summed E-state index contributed by atoms with van der Waals surface area (Å²) in [5.74, 6) is 0.0611. The molecule has 5 rings (SSSR count). The van der Waals surface area contributed by atoms with Crippen LogP contribution in [0.1, 0.15) is 52.9 Å². The smallest absolute Gasteiger partial charge is 0.185 e. The number of ether oxygens (including phenoxy) is 2. The Morgan fingerprint density at radius 2 is 1.37 bits per heavy atom. The van der Waals surface area contributed by atoms with E-state index < -0.39 is 0 Å². The second-order valence-electron chi connectivity index (χ2n) is 10.7. The Labute approximate surface area is 244 Å². The van der Waals surface area contributed by atoms with Gasteiger partial charge in [0, 0.05) is 24.2 Å². The molecule has 0 spiro atoms. The highest BCUT2D eigenvalue weighted by molar-refractivity contribution is 6.04. The van der Waals surface area contributed by atoms with E-state index in [0.29, 0.717) is 19.8 Å². The van der Waals surface area contributed by atoms with Crippen molar-refractivity contribution < 1.29 is 14.3 Å². The van der Waals surface area contributed by atoms with Gasteiger partial charge in [-0.15, -0.1) is 0 Å². The summed E-state index contributed by atoms with van der Waals surface area (Å²) in [5.41, 5.74) is 5.43. The number of hydrogen-bond donors (Lipinski definition) is 0. The number of piperidine rings is 1. The van der Waals surface area contributed by atoms with Gasteiger partial charge in [-0.2, -0.15) is 0 Å². The first-order valence-corrected chi connectivity index (χ1v) is 14.5. The molecule has 0 radical (unpaired) electrons. The Bertz CT molecular complexity index is 1370. The lowest BCUT2D eigenvalue weighted by atomic mass is 9.89. The largest absolute Gasteiger partial charge is 0.374 e. The number of carbonyl (C=O) groups is 1. The summed E-state index contributed by atoms with van der Waals surface area (Å²) in [5, 5.41) is 0. The third kappa shape index (κ3) is 8.11. The van der Waals surface area contributed by atoms with Crippen molar-refractivity contribution in [1.29, 1.82) is 0 Å². The second kappa shape index (κ2) is 14.7. The van der Waals surface area contributed by atoms with E-state index in [1.807, 2.05) is 72.8 Å². The van der Waals surface area contributed by atoms with Crippen LogP contribution in [0, 0.1) is 0 Å². The molecule has 4 aromatic rings. The summed E-state index contributed by atoms with van der Waals surface area (Å²) in [7, 11) is 0. The Morgan fingerprint density at radius 3 is 2.00 bits per heavy atom. The van der Waals surface area contributed by atoms with Gasteiger partial charge in [-0.3, -0.25) is 9.69 Å². The van der Waals surface area contributed by atoms with Crippen LogP contribution in [0.15, 0.2) is 133 Å². The third-order valence-corrected chi connectivity index (χ3v) is 7.89. The van der Waals surface area contributed by atoms with Gasteiger partial charge >= 0.3 is 0 Å². The van der Waals surface area contributed by atoms with Crippen molar-refractivity contribution in [1.82, 2.24) is 4.90 Å². The summed E-state index contributed by atoms with van der Waals surface area (Å²) in [6, 6.07) is 41.0. The number of carbonyl (C=O) groups excluding carboxylic acids is 1. The quantitative estimate of drug-likeness (QED) is 0.134. The van der Waals surface area contributed by atoms with Crippen molar-refractivity contribution in [3.8, 4) is 0 Å². The molecule has 1 aliphatic heterocycles. The minimum Gasteiger partial charge on any atom is -0.374 e. The fraction of sp³-hybridized carbons (Fsp3) is 0.270. The van der Waals surface area contributed by atoms with Gasteiger partial charge in [0.05, 0.1) is 25.9 Å². The predicted molar refractivity (Wildman–Crippen MR) is 165 cm³/mol. The molecule has 4 aromatic carbocycles. The van der Waals surface area contributed by atoms with Crippen LogP contribution >= 0.6 is 0 Å². The molecule has 4 heteroatoms. The fourth-order valence-corrected chi connectivity index (χ4v) is 5.59. The maximum Gasteiger partial charge on any atom is 0.185 e. The van der Waals surface area contributed by atoms with Crippen molar-refractivity contribution in [2.45, 2.75) is 51.2 Å². The van der Waals surface area contributed by atoms with Crippen molar-refractivity contribution in [3.63, 3.8) is 0 Å². The lowest BCUT2D eigenvalue weighted by molar-refractivity contribution is -0.0837. The lowest BCUT2D eigenvalue weighted by Crippen LogP contribution is -2.50.